The Morgan fingerprint density at radius 1 is 0.643 bits per heavy atom. The second-order valence-electron chi connectivity index (χ2n) is 5.90. The molecule has 0 unspecified atom stereocenters. The molecule has 0 nitrogen and oxygen atoms in total. The van der Waals surface area contributed by atoms with E-state index in [1.165, 1.54) is 11.2 Å². The summed E-state index contributed by atoms with van der Waals surface area (Å²) in [5.41, 5.74) is 0. The van der Waals surface area contributed by atoms with Crippen LogP contribution in [-0.2, 0) is 34.1 Å². The van der Waals surface area contributed by atoms with Crippen LogP contribution < -0.4 is 0 Å². The van der Waals surface area contributed by atoms with Gasteiger partial charge >= 0.3 is 34.1 Å². The van der Waals surface area contributed by atoms with Crippen molar-refractivity contribution in [3.8, 4) is 0 Å². The summed E-state index contributed by atoms with van der Waals surface area (Å²) in [6, 6.07) is 0. The van der Waals surface area contributed by atoms with Crippen LogP contribution in [0.3, 0.4) is 0 Å². The molecular formula is C24H24Fe2S2+4. The predicted octanol–water partition coefficient (Wildman–Crippen LogP) is 5.67. The fourth-order valence-corrected chi connectivity index (χ4v) is 3.61. The summed E-state index contributed by atoms with van der Waals surface area (Å²) < 4.78 is 0. The second-order valence-corrected chi connectivity index (χ2v) is 7.92. The molecule has 4 saturated carbocycles. The Bertz CT molecular complexity index is 348. The van der Waals surface area contributed by atoms with Crippen molar-refractivity contribution in [2.24, 2.45) is 0 Å². The molecular weight excluding hydrogens is 464 g/mol. The molecule has 0 aliphatic heterocycles. The van der Waals surface area contributed by atoms with Gasteiger partial charge in [0.25, 0.3) is 0 Å². The zero-order valence-corrected chi connectivity index (χ0v) is 19.8. The van der Waals surface area contributed by atoms with Crippen molar-refractivity contribution in [1.82, 2.24) is 0 Å². The first kappa shape index (κ1) is 29.5. The van der Waals surface area contributed by atoms with Gasteiger partial charge in [0.2, 0.25) is 0 Å². The van der Waals surface area contributed by atoms with Crippen molar-refractivity contribution in [3.63, 3.8) is 0 Å². The van der Waals surface area contributed by atoms with Crippen molar-refractivity contribution in [2.45, 2.75) is 19.1 Å². The topological polar surface area (TPSA) is 0 Å². The number of hydrogen-bond donors (Lipinski definition) is 0. The van der Waals surface area contributed by atoms with E-state index >= 15 is 0 Å². The molecule has 4 heteroatoms. The van der Waals surface area contributed by atoms with Gasteiger partial charge in [0.15, 0.2) is 0 Å². The zero-order valence-electron chi connectivity index (χ0n) is 15.9. The van der Waals surface area contributed by atoms with E-state index < -0.39 is 0 Å². The molecule has 0 amide bonds. The van der Waals surface area contributed by atoms with Crippen molar-refractivity contribution in [2.75, 3.05) is 0 Å². The molecule has 0 atom stereocenters. The largest absolute Gasteiger partial charge is 2.00 e. The third-order valence-electron chi connectivity index (χ3n) is 3.42. The predicted molar refractivity (Wildman–Crippen MR) is 118 cm³/mol. The number of thioether (sulfide) groups is 1. The van der Waals surface area contributed by atoms with Gasteiger partial charge in [-0.05, 0) is 114 Å². The van der Waals surface area contributed by atoms with Crippen LogP contribution in [0.15, 0.2) is 0 Å². The number of thiocarbonyl (C=S) groups is 1. The summed E-state index contributed by atoms with van der Waals surface area (Å²) in [7, 11) is 0. The second kappa shape index (κ2) is 18.1. The van der Waals surface area contributed by atoms with E-state index in [-0.39, 0.29) is 34.1 Å². The summed E-state index contributed by atoms with van der Waals surface area (Å²) in [6.07, 6.45) is 34.5. The molecule has 0 aromatic rings. The molecule has 4 aliphatic carbocycles. The van der Waals surface area contributed by atoms with Crippen LogP contribution in [0.2, 0.25) is 0 Å². The van der Waals surface area contributed by atoms with Crippen molar-refractivity contribution < 1.29 is 34.1 Å². The normalized spacial score (nSPS) is 22.7. The molecule has 28 heavy (non-hydrogen) atoms. The van der Waals surface area contributed by atoms with Gasteiger partial charge in [-0.15, -0.1) is 11.8 Å². The van der Waals surface area contributed by atoms with Gasteiger partial charge in [-0.25, -0.2) is 0 Å². The Morgan fingerprint density at radius 2 is 1.07 bits per heavy atom. The number of hydrogen-bond acceptors (Lipinski definition) is 2. The van der Waals surface area contributed by atoms with Gasteiger partial charge in [-0.1, -0.05) is 26.1 Å². The van der Waals surface area contributed by atoms with E-state index in [1.807, 2.05) is 88.8 Å². The molecule has 0 heterocycles. The van der Waals surface area contributed by atoms with Crippen LogP contribution in [0.25, 0.3) is 0 Å². The minimum absolute atomic E-state index is 0. The first-order valence-electron chi connectivity index (χ1n) is 8.70. The maximum atomic E-state index is 5.52. The summed E-state index contributed by atoms with van der Waals surface area (Å²) in [4.78, 5) is 0.957. The molecule has 144 valence electrons. The van der Waals surface area contributed by atoms with E-state index in [0.717, 1.165) is 10.8 Å². The molecule has 4 aliphatic rings. The van der Waals surface area contributed by atoms with E-state index in [0.29, 0.717) is 5.25 Å². The molecule has 0 N–H and O–H groups in total. The van der Waals surface area contributed by atoms with Gasteiger partial charge in [0.1, 0.15) is 0 Å². The Hall–Kier alpha value is 1.48. The minimum atomic E-state index is 0. The van der Waals surface area contributed by atoms with Crippen LogP contribution >= 0.6 is 24.0 Å². The summed E-state index contributed by atoms with van der Waals surface area (Å²) in [6.45, 7) is 4.40. The van der Waals surface area contributed by atoms with E-state index in [2.05, 4.69) is 46.0 Å². The average Bonchev–Trinajstić information content (AvgIpc) is 3.47. The van der Waals surface area contributed by atoms with Crippen molar-refractivity contribution in [1.29, 1.82) is 0 Å². The molecule has 0 aromatic heterocycles. The third kappa shape index (κ3) is 11.8. The summed E-state index contributed by atoms with van der Waals surface area (Å²) >= 11 is 7.39. The quantitative estimate of drug-likeness (QED) is 0.370. The first-order chi connectivity index (χ1) is 12.7. The molecule has 0 saturated heterocycles. The minimum Gasteiger partial charge on any atom is -0.150 e. The van der Waals surface area contributed by atoms with Gasteiger partial charge in [0, 0.05) is 22.0 Å². The third-order valence-corrected chi connectivity index (χ3v) is 4.96. The van der Waals surface area contributed by atoms with E-state index in [4.69, 9.17) is 12.2 Å². The average molecular weight is 488 g/mol. The molecule has 0 spiro atoms. The van der Waals surface area contributed by atoms with Crippen LogP contribution in [0.5, 0.6) is 0 Å². The zero-order chi connectivity index (χ0) is 18.6. The maximum absolute atomic E-state index is 5.52. The Morgan fingerprint density at radius 3 is 1.46 bits per heavy atom. The fraction of sp³-hybridized carbons (Fsp3) is 0.125. The summed E-state index contributed by atoms with van der Waals surface area (Å²) in [5.74, 6) is 2.34. The monoisotopic (exact) mass is 488 g/mol. The van der Waals surface area contributed by atoms with Gasteiger partial charge in [-0.3, -0.25) is 0 Å². The Labute approximate surface area is 207 Å². The molecule has 4 fully saturated rings. The summed E-state index contributed by atoms with van der Waals surface area (Å²) in [5, 5.41) is 1.88. The fourth-order valence-electron chi connectivity index (χ4n) is 2.27. The van der Waals surface area contributed by atoms with Crippen molar-refractivity contribution >= 4 is 28.8 Å². The van der Waals surface area contributed by atoms with Gasteiger partial charge < -0.3 is 0 Å². The Balaban J connectivity index is 0.000000500. The molecule has 0 bridgehead atoms. The molecule has 20 radical (unpaired) electrons. The first-order valence-corrected chi connectivity index (χ1v) is 9.99. The smallest absolute Gasteiger partial charge is 0.150 e. The van der Waals surface area contributed by atoms with Crippen LogP contribution in [0.4, 0.5) is 0 Å². The van der Waals surface area contributed by atoms with Crippen LogP contribution in [-0.4, -0.2) is 10.1 Å². The van der Waals surface area contributed by atoms with Crippen LogP contribution in [0, 0.1) is 126 Å². The van der Waals surface area contributed by atoms with E-state index in [1.54, 1.807) is 0 Å². The molecule has 0 aromatic carbocycles. The van der Waals surface area contributed by atoms with E-state index in [9.17, 15) is 0 Å². The maximum Gasteiger partial charge on any atom is 2.00 e. The van der Waals surface area contributed by atoms with Gasteiger partial charge in [0.05, 0.1) is 0 Å². The van der Waals surface area contributed by atoms with Crippen molar-refractivity contribution in [3.05, 3.63) is 126 Å². The standard InChI is InChI=1S/C14H14S2.2C5H5.2Fe/c1-10(2)16-13-9-5-8-12(13)14(15)11-6-3-4-7-11;2*1-2-4-5-3-1;;/h3-10H,1-2H3;2*1-5H;;/q;;;2*+2. The number of rotatable bonds is 4. The van der Waals surface area contributed by atoms with Crippen LogP contribution in [0.1, 0.15) is 13.8 Å². The SMILES string of the molecule is CC(C)S[C]1[CH][CH][CH][C]1C(=S)[C]1[CH][CH][CH][CH]1.[CH]1[CH][CH][CH][CH]1.[CH]1[CH][CH][CH][CH]1.[Fe+2].[Fe+2]. The molecule has 4 rings (SSSR count). The van der Waals surface area contributed by atoms with Gasteiger partial charge in [-0.2, -0.15) is 0 Å². The Kier molecular flexibility index (Phi) is 19.0.